The first-order chi connectivity index (χ1) is 12.7. The van der Waals surface area contributed by atoms with Crippen LogP contribution in [0.2, 0.25) is 0 Å². The summed E-state index contributed by atoms with van der Waals surface area (Å²) >= 11 is 0. The van der Waals surface area contributed by atoms with E-state index in [1.165, 1.54) is 0 Å². The van der Waals surface area contributed by atoms with Gasteiger partial charge in [0.1, 0.15) is 0 Å². The average molecular weight is 359 g/mol. The van der Waals surface area contributed by atoms with Crippen molar-refractivity contribution in [1.29, 1.82) is 0 Å². The van der Waals surface area contributed by atoms with Crippen molar-refractivity contribution in [2.45, 2.75) is 71.1 Å². The summed E-state index contributed by atoms with van der Waals surface area (Å²) in [6, 6.07) is 0. The van der Waals surface area contributed by atoms with Gasteiger partial charge in [-0.05, 0) is 51.0 Å². The first kappa shape index (κ1) is 23.8. The third-order valence-electron chi connectivity index (χ3n) is 3.65. The third-order valence-corrected chi connectivity index (χ3v) is 3.65. The quantitative estimate of drug-likeness (QED) is 0.139. The molecule has 26 heavy (non-hydrogen) atoms. The summed E-state index contributed by atoms with van der Waals surface area (Å²) in [4.78, 5) is 20.8. The molecule has 0 saturated heterocycles. The zero-order valence-electron chi connectivity index (χ0n) is 15.9. The zero-order valence-corrected chi connectivity index (χ0v) is 15.9. The van der Waals surface area contributed by atoms with Crippen LogP contribution in [0.5, 0.6) is 0 Å². The molecule has 0 heterocycles. The topological polar surface area (TPSA) is 60.2 Å². The molecule has 0 amide bonds. The number of nitro groups is 1. The summed E-state index contributed by atoms with van der Waals surface area (Å²) in [6.45, 7) is 2.11. The lowest BCUT2D eigenvalue weighted by molar-refractivity contribution is -0.427. The van der Waals surface area contributed by atoms with E-state index in [1.807, 2.05) is 30.6 Å². The first-order valence-corrected chi connectivity index (χ1v) is 9.50. The molecule has 0 aliphatic heterocycles. The molecule has 0 aromatic carbocycles. The van der Waals surface area contributed by atoms with Gasteiger partial charge in [-0.1, -0.05) is 62.0 Å². The second-order valence-electron chi connectivity index (χ2n) is 5.90. The molecular weight excluding hydrogens is 326 g/mol. The second kappa shape index (κ2) is 19.1. The highest BCUT2D eigenvalue weighted by Gasteiger charge is 2.06. The van der Waals surface area contributed by atoms with Gasteiger partial charge in [0.2, 0.25) is 5.70 Å². The molecule has 0 aliphatic rings. The van der Waals surface area contributed by atoms with Crippen molar-refractivity contribution in [2.24, 2.45) is 0 Å². The molecule has 0 aliphatic carbocycles. The van der Waals surface area contributed by atoms with Crippen molar-refractivity contribution >= 4 is 6.29 Å². The van der Waals surface area contributed by atoms with E-state index in [2.05, 4.69) is 31.2 Å². The van der Waals surface area contributed by atoms with E-state index < -0.39 is 0 Å². The lowest BCUT2D eigenvalue weighted by Gasteiger charge is -1.94. The summed E-state index contributed by atoms with van der Waals surface area (Å²) in [5.74, 6) is 0. The largest absolute Gasteiger partial charge is 0.291 e. The summed E-state index contributed by atoms with van der Waals surface area (Å²) in [5, 5.41) is 11.1. The van der Waals surface area contributed by atoms with E-state index >= 15 is 0 Å². The van der Waals surface area contributed by atoms with E-state index in [1.54, 1.807) is 6.08 Å². The van der Waals surface area contributed by atoms with Crippen LogP contribution >= 0.6 is 0 Å². The van der Waals surface area contributed by atoms with Crippen LogP contribution in [0.15, 0.2) is 60.4 Å². The predicted octanol–water partition coefficient (Wildman–Crippen LogP) is 6.40. The van der Waals surface area contributed by atoms with Crippen LogP contribution in [-0.2, 0) is 4.79 Å². The summed E-state index contributed by atoms with van der Waals surface area (Å²) in [6.07, 6.45) is 27.9. The first-order valence-electron chi connectivity index (χ1n) is 9.50. The highest BCUT2D eigenvalue weighted by Crippen LogP contribution is 2.07. The molecular formula is C22H32NO3. The van der Waals surface area contributed by atoms with E-state index in [0.717, 1.165) is 44.9 Å². The van der Waals surface area contributed by atoms with Crippen molar-refractivity contribution in [3.05, 3.63) is 70.5 Å². The molecule has 0 N–H and O–H groups in total. The molecule has 0 unspecified atom stereocenters. The Kier molecular flexibility index (Phi) is 17.5. The second-order valence-corrected chi connectivity index (χ2v) is 5.90. The minimum atomic E-state index is -0.306. The fraction of sp³-hybridized carbons (Fsp3) is 0.500. The number of carbonyl (C=O) groups excluding carboxylic acids is 1. The molecule has 0 fully saturated rings. The fourth-order valence-corrected chi connectivity index (χ4v) is 2.20. The minimum absolute atomic E-state index is 0.238. The van der Waals surface area contributed by atoms with Crippen LogP contribution in [0.1, 0.15) is 71.1 Å². The van der Waals surface area contributed by atoms with Crippen LogP contribution in [0, 0.1) is 10.1 Å². The molecule has 0 rings (SSSR count). The maximum absolute atomic E-state index is 11.1. The van der Waals surface area contributed by atoms with Crippen LogP contribution in [-0.4, -0.2) is 11.2 Å². The fourth-order valence-electron chi connectivity index (χ4n) is 2.20. The maximum Gasteiger partial charge on any atom is 0.246 e. The molecule has 1 radical (unpaired) electrons. The van der Waals surface area contributed by atoms with Gasteiger partial charge in [-0.3, -0.25) is 14.9 Å². The van der Waals surface area contributed by atoms with E-state index in [0.29, 0.717) is 19.3 Å². The molecule has 0 atom stereocenters. The average Bonchev–Trinajstić information content (AvgIpc) is 2.63. The summed E-state index contributed by atoms with van der Waals surface area (Å²) in [7, 11) is 0. The zero-order chi connectivity index (χ0) is 19.3. The normalized spacial score (nSPS) is 12.9. The van der Waals surface area contributed by atoms with Crippen molar-refractivity contribution in [2.75, 3.05) is 0 Å². The van der Waals surface area contributed by atoms with Gasteiger partial charge in [0.05, 0.1) is 11.3 Å². The molecule has 0 saturated carbocycles. The van der Waals surface area contributed by atoms with Crippen LogP contribution in [0.4, 0.5) is 0 Å². The number of hydrogen-bond acceptors (Lipinski definition) is 3. The smallest absolute Gasteiger partial charge is 0.246 e. The highest BCUT2D eigenvalue weighted by atomic mass is 16.6. The van der Waals surface area contributed by atoms with Crippen LogP contribution in [0.3, 0.4) is 0 Å². The Hall–Kier alpha value is -2.23. The van der Waals surface area contributed by atoms with Gasteiger partial charge < -0.3 is 0 Å². The third kappa shape index (κ3) is 16.6. The number of hydrogen-bond donors (Lipinski definition) is 0. The molecule has 4 heteroatoms. The van der Waals surface area contributed by atoms with Crippen molar-refractivity contribution in [3.8, 4) is 0 Å². The van der Waals surface area contributed by atoms with Crippen molar-refractivity contribution in [3.63, 3.8) is 0 Å². The SMILES string of the molecule is CC/C=C\C/C=C\C/C=C\C/C(=C\C/C=C\CCCCC[C]=O)[N+](=O)[O-]. The molecule has 4 nitrogen and oxygen atoms in total. The van der Waals surface area contributed by atoms with Crippen molar-refractivity contribution < 1.29 is 9.72 Å². The Labute approximate surface area is 158 Å². The molecule has 143 valence electrons. The standard InChI is InChI=1S/C22H32NO3/c1-2-3-4-5-6-7-10-13-16-19-22(23(25)26)20-17-14-11-8-9-12-15-18-21-24/h3-4,6-7,11,13-14,16,20H,2,5,8-10,12,15,17-19H2,1H3/b4-3-,7-6-,14-11-,16-13-,22-20+. The Balaban J connectivity index is 4.02. The van der Waals surface area contributed by atoms with E-state index in [4.69, 9.17) is 0 Å². The maximum atomic E-state index is 11.1. The Bertz CT molecular complexity index is 513. The summed E-state index contributed by atoms with van der Waals surface area (Å²) < 4.78 is 0. The Morgan fingerprint density at radius 2 is 1.54 bits per heavy atom. The Morgan fingerprint density at radius 1 is 0.885 bits per heavy atom. The highest BCUT2D eigenvalue weighted by molar-refractivity contribution is 5.50. The minimum Gasteiger partial charge on any atom is -0.291 e. The van der Waals surface area contributed by atoms with E-state index in [-0.39, 0.29) is 10.6 Å². The van der Waals surface area contributed by atoms with Gasteiger partial charge in [0.25, 0.3) is 0 Å². The van der Waals surface area contributed by atoms with Gasteiger partial charge in [-0.25, -0.2) is 0 Å². The number of nitrogens with zero attached hydrogens (tertiary/aromatic N) is 1. The monoisotopic (exact) mass is 358 g/mol. The predicted molar refractivity (Wildman–Crippen MR) is 109 cm³/mol. The van der Waals surface area contributed by atoms with Gasteiger partial charge in [0, 0.05) is 6.42 Å². The van der Waals surface area contributed by atoms with Gasteiger partial charge in [0.15, 0.2) is 6.29 Å². The molecule has 0 spiro atoms. The van der Waals surface area contributed by atoms with Gasteiger partial charge >= 0.3 is 0 Å². The number of rotatable bonds is 16. The summed E-state index contributed by atoms with van der Waals surface area (Å²) in [5.41, 5.74) is 0.238. The Morgan fingerprint density at radius 3 is 2.19 bits per heavy atom. The van der Waals surface area contributed by atoms with Crippen LogP contribution in [0.25, 0.3) is 0 Å². The number of unbranched alkanes of at least 4 members (excludes halogenated alkanes) is 4. The lowest BCUT2D eigenvalue weighted by atomic mass is 10.1. The van der Waals surface area contributed by atoms with E-state index in [9.17, 15) is 14.9 Å². The van der Waals surface area contributed by atoms with Gasteiger partial charge in [-0.2, -0.15) is 0 Å². The van der Waals surface area contributed by atoms with Crippen LogP contribution < -0.4 is 0 Å². The molecule has 0 bridgehead atoms. The van der Waals surface area contributed by atoms with Crippen molar-refractivity contribution in [1.82, 2.24) is 0 Å². The lowest BCUT2D eigenvalue weighted by Crippen LogP contribution is -1.97. The molecule has 0 aromatic heterocycles. The molecule has 0 aromatic rings. The van der Waals surface area contributed by atoms with Gasteiger partial charge in [-0.15, -0.1) is 0 Å². The number of allylic oxidation sites excluding steroid dienone is 9.